The lowest BCUT2D eigenvalue weighted by molar-refractivity contribution is -0.192. The van der Waals surface area contributed by atoms with Crippen LogP contribution in [-0.2, 0) is 23.3 Å². The molecule has 2 aromatic carbocycles. The molecule has 3 aliphatic heterocycles. The molecule has 0 saturated carbocycles. The van der Waals surface area contributed by atoms with Gasteiger partial charge in [0.25, 0.3) is 5.56 Å². The van der Waals surface area contributed by atoms with Crippen molar-refractivity contribution in [1.82, 2.24) is 19.7 Å². The van der Waals surface area contributed by atoms with Gasteiger partial charge in [-0.3, -0.25) is 14.3 Å². The molecule has 13 heteroatoms. The number of nitrogens with zero attached hydrogens (tertiary/aromatic N) is 4. The summed E-state index contributed by atoms with van der Waals surface area (Å²) in [6.07, 6.45) is -3.19. The summed E-state index contributed by atoms with van der Waals surface area (Å²) in [5.74, 6) is 0.431. The Morgan fingerprint density at radius 3 is 2.46 bits per heavy atom. The number of hydrogen-bond donors (Lipinski definition) is 1. The highest BCUT2D eigenvalue weighted by Crippen LogP contribution is 2.41. The Hall–Kier alpha value is -4.13. The van der Waals surface area contributed by atoms with Crippen molar-refractivity contribution in [2.45, 2.75) is 37.5 Å². The van der Waals surface area contributed by atoms with Gasteiger partial charge < -0.3 is 19.3 Å². The molecule has 4 heterocycles. The van der Waals surface area contributed by atoms with E-state index in [4.69, 9.17) is 24.1 Å². The molecule has 206 valence electrons. The monoisotopic (exact) mass is 546 g/mol. The maximum Gasteiger partial charge on any atom is 0.490 e. The Balaban J connectivity index is 0.000000392. The van der Waals surface area contributed by atoms with Crippen molar-refractivity contribution < 1.29 is 37.3 Å². The van der Waals surface area contributed by atoms with E-state index in [0.29, 0.717) is 12.2 Å². The van der Waals surface area contributed by atoms with Crippen molar-refractivity contribution in [3.8, 4) is 28.5 Å². The van der Waals surface area contributed by atoms with Gasteiger partial charge in [0.1, 0.15) is 11.6 Å². The molecule has 1 saturated heterocycles. The number of carboxylic acid groups (broad SMARTS) is 1. The van der Waals surface area contributed by atoms with Gasteiger partial charge in [-0.25, -0.2) is 4.79 Å². The van der Waals surface area contributed by atoms with Gasteiger partial charge in [0.05, 0.1) is 7.11 Å². The summed E-state index contributed by atoms with van der Waals surface area (Å²) < 4.78 is 49.7. The van der Waals surface area contributed by atoms with E-state index >= 15 is 0 Å². The van der Waals surface area contributed by atoms with E-state index in [1.54, 1.807) is 7.11 Å². The van der Waals surface area contributed by atoms with Crippen LogP contribution in [0.4, 0.5) is 13.2 Å². The number of carbonyl (C=O) groups is 1. The highest BCUT2D eigenvalue weighted by molar-refractivity contribution is 5.73. The van der Waals surface area contributed by atoms with E-state index in [9.17, 15) is 18.0 Å². The number of likely N-dealkylation sites (tertiary alicyclic amines) is 1. The molecule has 39 heavy (non-hydrogen) atoms. The highest BCUT2D eigenvalue weighted by atomic mass is 19.4. The number of benzene rings is 2. The zero-order chi connectivity index (χ0) is 27.8. The topological polar surface area (TPSA) is 116 Å². The average molecular weight is 547 g/mol. The number of ether oxygens (including phenoxy) is 3. The first-order valence-electron chi connectivity index (χ1n) is 12.1. The van der Waals surface area contributed by atoms with E-state index < -0.39 is 12.1 Å². The summed E-state index contributed by atoms with van der Waals surface area (Å²) in [6, 6.07) is 13.5. The first-order valence-corrected chi connectivity index (χ1v) is 12.1. The lowest BCUT2D eigenvalue weighted by Crippen LogP contribution is -2.33. The smallest absolute Gasteiger partial charge is 0.490 e. The van der Waals surface area contributed by atoms with Crippen molar-refractivity contribution in [2.24, 2.45) is 0 Å². The van der Waals surface area contributed by atoms with Crippen LogP contribution in [-0.4, -0.2) is 63.9 Å². The van der Waals surface area contributed by atoms with Gasteiger partial charge in [-0.15, -0.1) is 10.2 Å². The van der Waals surface area contributed by atoms with Gasteiger partial charge in [0.2, 0.25) is 6.79 Å². The van der Waals surface area contributed by atoms with Crippen LogP contribution in [0, 0.1) is 0 Å². The Morgan fingerprint density at radius 2 is 1.77 bits per heavy atom. The molecule has 1 N–H and O–H groups in total. The van der Waals surface area contributed by atoms with Gasteiger partial charge in [0.15, 0.2) is 17.2 Å². The van der Waals surface area contributed by atoms with Crippen LogP contribution in [0.15, 0.2) is 47.3 Å². The number of aromatic nitrogens is 3. The van der Waals surface area contributed by atoms with Crippen LogP contribution in [0.5, 0.6) is 17.2 Å². The molecule has 0 amide bonds. The largest absolute Gasteiger partial charge is 0.497 e. The number of rotatable bonds is 4. The number of fused-ring (bicyclic) bond motifs is 3. The van der Waals surface area contributed by atoms with Crippen LogP contribution in [0.2, 0.25) is 0 Å². The molecule has 3 aromatic rings. The molecule has 0 radical (unpaired) electrons. The van der Waals surface area contributed by atoms with Gasteiger partial charge in [-0.1, -0.05) is 6.07 Å². The van der Waals surface area contributed by atoms with Crippen molar-refractivity contribution in [3.05, 3.63) is 64.2 Å². The molecule has 1 aromatic heterocycles. The standard InChI is InChI=1S/C24H24N4O4.C2HF3O2/c1-30-18-5-3-17(4-6-18)21-22(29)28-11-9-24(23(28)26-25-21)8-10-27(14-24)13-16-2-7-19-20(12-16)32-15-31-19;3-2(4,5)1(6)7/h2-7,12H,8-11,13-15H2,1H3;(H,6,7). The Labute approximate surface area is 220 Å². The quantitative estimate of drug-likeness (QED) is 0.527. The van der Waals surface area contributed by atoms with Gasteiger partial charge in [0, 0.05) is 30.6 Å². The maximum absolute atomic E-state index is 13.2. The summed E-state index contributed by atoms with van der Waals surface area (Å²) >= 11 is 0. The number of aliphatic carboxylic acids is 1. The second kappa shape index (κ2) is 10.2. The fourth-order valence-electron chi connectivity index (χ4n) is 5.16. The normalized spacial score (nSPS) is 19.5. The summed E-state index contributed by atoms with van der Waals surface area (Å²) in [6.45, 7) is 3.64. The summed E-state index contributed by atoms with van der Waals surface area (Å²) in [4.78, 5) is 24.5. The van der Waals surface area contributed by atoms with Crippen LogP contribution < -0.4 is 19.8 Å². The number of alkyl halides is 3. The van der Waals surface area contributed by atoms with Crippen LogP contribution in [0.3, 0.4) is 0 Å². The van der Waals surface area contributed by atoms with Crippen LogP contribution >= 0.6 is 0 Å². The van der Waals surface area contributed by atoms with E-state index in [1.165, 1.54) is 5.56 Å². The van der Waals surface area contributed by atoms with Crippen LogP contribution in [0.1, 0.15) is 24.2 Å². The Morgan fingerprint density at radius 1 is 1.08 bits per heavy atom. The molecule has 1 fully saturated rings. The maximum atomic E-state index is 13.2. The van der Waals surface area contributed by atoms with E-state index in [2.05, 4.69) is 27.2 Å². The third-order valence-corrected chi connectivity index (χ3v) is 7.12. The molecule has 0 bridgehead atoms. The number of carboxylic acids is 1. The van der Waals surface area contributed by atoms with E-state index in [-0.39, 0.29) is 17.8 Å². The fourth-order valence-corrected chi connectivity index (χ4v) is 5.16. The number of hydrogen-bond acceptors (Lipinski definition) is 8. The molecular weight excluding hydrogens is 521 g/mol. The second-order valence-corrected chi connectivity index (χ2v) is 9.54. The number of halogens is 3. The van der Waals surface area contributed by atoms with E-state index in [0.717, 1.165) is 61.1 Å². The van der Waals surface area contributed by atoms with Gasteiger partial charge >= 0.3 is 12.1 Å². The SMILES string of the molecule is COc1ccc(-c2nnc3n(c2=O)CCC32CCN(Cc3ccc4c(c3)OCO4)C2)cc1.O=C(O)C(F)(F)F. The van der Waals surface area contributed by atoms with E-state index in [1.807, 2.05) is 34.9 Å². The van der Waals surface area contributed by atoms with Crippen molar-refractivity contribution >= 4 is 5.97 Å². The van der Waals surface area contributed by atoms with Gasteiger partial charge in [-0.05, 0) is 61.3 Å². The lowest BCUT2D eigenvalue weighted by Gasteiger charge is -2.23. The van der Waals surface area contributed by atoms with Crippen LogP contribution in [0.25, 0.3) is 11.3 Å². The number of methoxy groups -OCH3 is 1. The molecule has 0 aliphatic carbocycles. The summed E-state index contributed by atoms with van der Waals surface area (Å²) in [7, 11) is 1.62. The molecule has 3 aliphatic rings. The first-order chi connectivity index (χ1) is 18.6. The molecular formula is C26H25F3N4O6. The molecule has 6 rings (SSSR count). The Kier molecular flexibility index (Phi) is 6.93. The minimum Gasteiger partial charge on any atom is -0.497 e. The Bertz CT molecular complexity index is 1440. The lowest BCUT2D eigenvalue weighted by atomic mass is 9.85. The molecule has 1 spiro atoms. The minimum absolute atomic E-state index is 0.0636. The predicted octanol–water partition coefficient (Wildman–Crippen LogP) is 3.22. The van der Waals surface area contributed by atoms with Gasteiger partial charge in [-0.2, -0.15) is 13.2 Å². The van der Waals surface area contributed by atoms with Crippen molar-refractivity contribution in [2.75, 3.05) is 27.0 Å². The fraction of sp³-hybridized carbons (Fsp3) is 0.385. The third kappa shape index (κ3) is 5.26. The molecule has 1 atom stereocenters. The average Bonchev–Trinajstić information content (AvgIpc) is 3.64. The second-order valence-electron chi connectivity index (χ2n) is 9.54. The van der Waals surface area contributed by atoms with Crippen molar-refractivity contribution in [3.63, 3.8) is 0 Å². The summed E-state index contributed by atoms with van der Waals surface area (Å²) in [5, 5.41) is 16.1. The third-order valence-electron chi connectivity index (χ3n) is 7.12. The zero-order valence-electron chi connectivity index (χ0n) is 20.9. The zero-order valence-corrected chi connectivity index (χ0v) is 20.9. The minimum atomic E-state index is -5.08. The summed E-state index contributed by atoms with van der Waals surface area (Å²) in [5.41, 5.74) is 2.17. The highest BCUT2D eigenvalue weighted by Gasteiger charge is 2.47. The molecule has 1 unspecified atom stereocenters. The molecule has 10 nitrogen and oxygen atoms in total. The predicted molar refractivity (Wildman–Crippen MR) is 131 cm³/mol. The first kappa shape index (κ1) is 26.5. The van der Waals surface area contributed by atoms with Crippen molar-refractivity contribution in [1.29, 1.82) is 0 Å².